The van der Waals surface area contributed by atoms with Crippen molar-refractivity contribution in [2.24, 2.45) is 0 Å². The van der Waals surface area contributed by atoms with E-state index in [2.05, 4.69) is 42.8 Å². The Morgan fingerprint density at radius 3 is 1.86 bits per heavy atom. The van der Waals surface area contributed by atoms with Crippen LogP contribution in [0, 0.1) is 17.0 Å². The molecule has 1 N–H and O–H groups in total. The van der Waals surface area contributed by atoms with E-state index in [1.54, 1.807) is 38.5 Å². The molecule has 0 bridgehead atoms. The van der Waals surface area contributed by atoms with Gasteiger partial charge in [-0.3, -0.25) is 4.79 Å². The second-order valence-corrected chi connectivity index (χ2v) is 13.5. The fraction of sp³-hybridized carbons (Fsp3) is 0.265. The average molecular weight is 773 g/mol. The van der Waals surface area contributed by atoms with Gasteiger partial charge in [0.05, 0.1) is 18.0 Å². The normalized spacial score (nSPS) is 11.1. The number of allylic oxidation sites excluding steroid dienone is 1. The Morgan fingerprint density at radius 2 is 1.23 bits per heavy atom. The molecule has 0 radical (unpaired) electrons. The zero-order chi connectivity index (χ0) is 40.8. The first-order chi connectivity index (χ1) is 27.8. The monoisotopic (exact) mass is 772 g/mol. The van der Waals surface area contributed by atoms with Gasteiger partial charge in [-0.05, 0) is 83.5 Å². The van der Waals surface area contributed by atoms with Gasteiger partial charge in [0.1, 0.15) is 12.0 Å². The van der Waals surface area contributed by atoms with Crippen LogP contribution in [0.4, 0.5) is 20.2 Å². The Labute approximate surface area is 336 Å². The predicted octanol–water partition coefficient (Wildman–Crippen LogP) is 12.2. The van der Waals surface area contributed by atoms with Crippen molar-refractivity contribution < 1.29 is 27.8 Å². The topological polar surface area (TPSA) is 71.6 Å². The molecule has 6 nitrogen and oxygen atoms in total. The van der Waals surface area contributed by atoms with E-state index in [0.29, 0.717) is 36.2 Å². The van der Waals surface area contributed by atoms with Crippen molar-refractivity contribution in [3.05, 3.63) is 150 Å². The summed E-state index contributed by atoms with van der Waals surface area (Å²) >= 11 is 0. The van der Waals surface area contributed by atoms with Gasteiger partial charge >= 0.3 is 0 Å². The number of hydrogen-bond donors (Lipinski definition) is 1. The molecule has 5 aromatic rings. The van der Waals surface area contributed by atoms with E-state index >= 15 is 8.78 Å². The number of anilines is 2. The highest BCUT2D eigenvalue weighted by Crippen LogP contribution is 2.44. The number of nitrogens with zero attached hydrogens (tertiary/aromatic N) is 1. The Hall–Kier alpha value is -5.70. The van der Waals surface area contributed by atoms with Gasteiger partial charge in [-0.2, -0.15) is 0 Å². The number of hydrogen-bond acceptors (Lipinski definition) is 6. The third kappa shape index (κ3) is 13.8. The average Bonchev–Trinajstić information content (AvgIpc) is 3.92. The molecule has 0 saturated heterocycles. The molecular weight excluding hydrogens is 719 g/mol. The third-order valence-corrected chi connectivity index (χ3v) is 9.44. The molecule has 0 amide bonds. The summed E-state index contributed by atoms with van der Waals surface area (Å²) in [6.07, 6.45) is 14.4. The van der Waals surface area contributed by atoms with E-state index in [0.717, 1.165) is 49.2 Å². The van der Waals surface area contributed by atoms with Gasteiger partial charge < -0.3 is 24.5 Å². The van der Waals surface area contributed by atoms with Crippen LogP contribution in [0.1, 0.15) is 60.8 Å². The highest BCUT2D eigenvalue weighted by atomic mass is 19.2. The summed E-state index contributed by atoms with van der Waals surface area (Å²) in [5, 5.41) is 7.96. The zero-order valence-corrected chi connectivity index (χ0v) is 33.3. The SMILES string of the molecule is C=CC=O.CN1c2ccccc21.COCCCCCCCc1ccc(-c2ccc(-c3ccc(/C=C/c4ccc(OCCCOC)cc4)cc3C=N)c(F)c2F)cc1. The number of fused-ring (bicyclic) bond motifs is 1. The van der Waals surface area contributed by atoms with Crippen molar-refractivity contribution in [1.82, 2.24) is 0 Å². The van der Waals surface area contributed by atoms with Crippen LogP contribution < -0.4 is 9.64 Å². The lowest BCUT2D eigenvalue weighted by Crippen LogP contribution is -2.01. The van der Waals surface area contributed by atoms with Crippen molar-refractivity contribution in [3.63, 3.8) is 0 Å². The van der Waals surface area contributed by atoms with Gasteiger partial charge in [-0.15, -0.1) is 0 Å². The molecule has 1 heterocycles. The van der Waals surface area contributed by atoms with E-state index in [1.807, 2.05) is 66.7 Å². The number of aldehydes is 1. The number of halogens is 2. The molecule has 298 valence electrons. The molecule has 0 atom stereocenters. The van der Waals surface area contributed by atoms with Crippen LogP contribution in [-0.4, -0.2) is 53.6 Å². The number of aryl methyl sites for hydroxylation is 1. The molecule has 1 aliphatic heterocycles. The molecule has 1 aliphatic rings. The standard InChI is InChI=1S/C39H43F2NO3.C7H7N.C3H4O/c1-43-24-7-5-3-4-6-9-29-12-17-32(18-13-29)36-22-23-37(39(41)38(36)40)35-21-16-31(27-33(35)28-42)11-10-30-14-19-34(20-15-30)45-26-8-25-44-2;1-8-6-4-2-3-5-7(6)8;1-2-3-4/h10-23,27-28,42H,3-9,24-26H2,1-2H3;2-5H,1H3;2-3H,1H2/b11-10+,42-28?;;. The summed E-state index contributed by atoms with van der Waals surface area (Å²) in [6, 6.07) is 32.4. The number of methoxy groups -OCH3 is 2. The van der Waals surface area contributed by atoms with Crippen molar-refractivity contribution in [2.75, 3.05) is 46.0 Å². The van der Waals surface area contributed by atoms with Crippen LogP contribution in [0.15, 0.2) is 116 Å². The molecule has 5 aromatic carbocycles. The first-order valence-electron chi connectivity index (χ1n) is 19.3. The fourth-order valence-electron chi connectivity index (χ4n) is 6.22. The lowest BCUT2D eigenvalue weighted by atomic mass is 9.94. The Kier molecular flexibility index (Phi) is 18.6. The Morgan fingerprint density at radius 1 is 0.667 bits per heavy atom. The molecule has 6 rings (SSSR count). The van der Waals surface area contributed by atoms with E-state index < -0.39 is 11.6 Å². The Balaban J connectivity index is 0.000000509. The molecule has 8 heteroatoms. The highest BCUT2D eigenvalue weighted by molar-refractivity contribution is 5.92. The van der Waals surface area contributed by atoms with Crippen molar-refractivity contribution in [3.8, 4) is 28.0 Å². The number of benzene rings is 5. The van der Waals surface area contributed by atoms with Crippen LogP contribution in [0.2, 0.25) is 0 Å². The van der Waals surface area contributed by atoms with Crippen LogP contribution >= 0.6 is 0 Å². The van der Waals surface area contributed by atoms with E-state index in [9.17, 15) is 0 Å². The summed E-state index contributed by atoms with van der Waals surface area (Å²) < 4.78 is 46.7. The lowest BCUT2D eigenvalue weighted by molar-refractivity contribution is -0.104. The zero-order valence-electron chi connectivity index (χ0n) is 33.3. The van der Waals surface area contributed by atoms with Gasteiger partial charge in [0.25, 0.3) is 0 Å². The summed E-state index contributed by atoms with van der Waals surface area (Å²) in [5.41, 5.74) is 7.74. The van der Waals surface area contributed by atoms with Crippen LogP contribution in [-0.2, 0) is 20.7 Å². The minimum absolute atomic E-state index is 0.133. The maximum absolute atomic E-state index is 15.5. The first-order valence-corrected chi connectivity index (χ1v) is 19.3. The first kappa shape index (κ1) is 44.0. The lowest BCUT2D eigenvalue weighted by Gasteiger charge is -2.12. The largest absolute Gasteiger partial charge is 0.494 e. The summed E-state index contributed by atoms with van der Waals surface area (Å²) in [6.45, 7) is 5.19. The highest BCUT2D eigenvalue weighted by Gasteiger charge is 2.22. The number of ether oxygens (including phenoxy) is 3. The second-order valence-electron chi connectivity index (χ2n) is 13.5. The van der Waals surface area contributed by atoms with Gasteiger partial charge in [0.2, 0.25) is 0 Å². The van der Waals surface area contributed by atoms with Gasteiger partial charge in [0.15, 0.2) is 11.6 Å². The molecule has 0 unspecified atom stereocenters. The minimum Gasteiger partial charge on any atom is -0.494 e. The van der Waals surface area contributed by atoms with Crippen LogP contribution in [0.5, 0.6) is 5.75 Å². The predicted molar refractivity (Wildman–Crippen MR) is 232 cm³/mol. The second kappa shape index (κ2) is 24.0. The summed E-state index contributed by atoms with van der Waals surface area (Å²) in [7, 11) is 5.48. The number of rotatable bonds is 19. The van der Waals surface area contributed by atoms with Crippen molar-refractivity contribution in [1.29, 1.82) is 5.41 Å². The molecule has 57 heavy (non-hydrogen) atoms. The Bertz CT molecular complexity index is 2020. The molecule has 0 saturated carbocycles. The fourth-order valence-corrected chi connectivity index (χ4v) is 6.22. The van der Waals surface area contributed by atoms with Crippen LogP contribution in [0.25, 0.3) is 34.4 Å². The van der Waals surface area contributed by atoms with Crippen LogP contribution in [0.3, 0.4) is 0 Å². The molecular formula is C49H54F2N2O4. The van der Waals surface area contributed by atoms with Crippen molar-refractivity contribution >= 4 is 36.0 Å². The number of nitrogens with one attached hydrogen (secondary N) is 1. The number of unbranched alkanes of at least 4 members (excludes halogenated alkanes) is 4. The number of para-hydroxylation sites is 2. The van der Waals surface area contributed by atoms with Crippen molar-refractivity contribution in [2.45, 2.75) is 44.9 Å². The number of carbonyl (C=O) groups is 1. The van der Waals surface area contributed by atoms with E-state index in [4.69, 9.17) is 24.4 Å². The summed E-state index contributed by atoms with van der Waals surface area (Å²) in [5.74, 6) is -1.00. The minimum atomic E-state index is -0.916. The van der Waals surface area contributed by atoms with Gasteiger partial charge in [-0.1, -0.05) is 111 Å². The maximum Gasteiger partial charge on any atom is 0.167 e. The smallest absolute Gasteiger partial charge is 0.167 e. The van der Waals surface area contributed by atoms with E-state index in [-0.39, 0.29) is 11.1 Å². The molecule has 0 aliphatic carbocycles. The quantitative estimate of drug-likeness (QED) is 0.0226. The summed E-state index contributed by atoms with van der Waals surface area (Å²) in [4.78, 5) is 11.2. The number of carbonyl (C=O) groups excluding carboxylic acids is 1. The molecule has 0 spiro atoms. The molecule has 0 fully saturated rings. The van der Waals surface area contributed by atoms with E-state index in [1.165, 1.54) is 48.5 Å². The van der Waals surface area contributed by atoms with Gasteiger partial charge in [0, 0.05) is 63.8 Å². The maximum atomic E-state index is 15.5. The van der Waals surface area contributed by atoms with Gasteiger partial charge in [-0.25, -0.2) is 8.78 Å². The third-order valence-electron chi connectivity index (χ3n) is 9.44. The molecule has 0 aromatic heterocycles.